The summed E-state index contributed by atoms with van der Waals surface area (Å²) in [5.41, 5.74) is 6.80. The summed E-state index contributed by atoms with van der Waals surface area (Å²) in [6.07, 6.45) is 22.6. The van der Waals surface area contributed by atoms with Crippen molar-refractivity contribution in [3.05, 3.63) is 94.2 Å². The molecule has 0 spiro atoms. The van der Waals surface area contributed by atoms with Crippen LogP contribution in [0.2, 0.25) is 18.1 Å². The van der Waals surface area contributed by atoms with Crippen LogP contribution in [-0.2, 0) is 9.22 Å². The average Bonchev–Trinajstić information content (AvgIpc) is 2.88. The van der Waals surface area contributed by atoms with Gasteiger partial charge >= 0.3 is 0 Å². The Morgan fingerprint density at radius 1 is 0.875 bits per heavy atom. The van der Waals surface area contributed by atoms with Gasteiger partial charge in [-0.3, -0.25) is 4.79 Å². The van der Waals surface area contributed by atoms with Crippen LogP contribution in [0.4, 0.5) is 0 Å². The van der Waals surface area contributed by atoms with Gasteiger partial charge in [-0.2, -0.15) is 0 Å². The second-order valence-corrected chi connectivity index (χ2v) is 16.6. The Labute approximate surface area is 247 Å². The molecule has 0 bridgehead atoms. The van der Waals surface area contributed by atoms with Crippen LogP contribution < -0.4 is 0 Å². The second-order valence-electron chi connectivity index (χ2n) is 11.9. The van der Waals surface area contributed by atoms with E-state index in [1.807, 2.05) is 50.3 Å². The molecule has 0 aromatic carbocycles. The number of hydrogen-bond donors (Lipinski definition) is 0. The predicted octanol–water partition coefficient (Wildman–Crippen LogP) is 10.6. The highest BCUT2D eigenvalue weighted by Crippen LogP contribution is 2.42. The van der Waals surface area contributed by atoms with Gasteiger partial charge < -0.3 is 4.43 Å². The van der Waals surface area contributed by atoms with E-state index in [0.29, 0.717) is 6.10 Å². The fraction of sp³-hybridized carbons (Fsp3) is 0.486. The van der Waals surface area contributed by atoms with Crippen LogP contribution in [0.25, 0.3) is 0 Å². The first-order valence-corrected chi connectivity index (χ1v) is 17.4. The average molecular weight is 559 g/mol. The van der Waals surface area contributed by atoms with Crippen LogP contribution in [0.3, 0.4) is 0 Å². The van der Waals surface area contributed by atoms with Gasteiger partial charge in [0, 0.05) is 11.7 Å². The molecule has 3 heteroatoms. The third kappa shape index (κ3) is 12.2. The molecule has 0 aromatic rings. The summed E-state index contributed by atoms with van der Waals surface area (Å²) in [7, 11) is -1.61. The normalized spacial score (nSPS) is 19.6. The largest absolute Gasteiger partial charge is 0.414 e. The molecule has 0 aliphatic heterocycles. The Balaban J connectivity index is 2.84. The van der Waals surface area contributed by atoms with Gasteiger partial charge in [-0.1, -0.05) is 124 Å². The van der Waals surface area contributed by atoms with E-state index < -0.39 is 8.32 Å². The highest BCUT2D eigenvalue weighted by atomic mass is 28.4. The van der Waals surface area contributed by atoms with Crippen molar-refractivity contribution in [3.8, 4) is 11.8 Å². The summed E-state index contributed by atoms with van der Waals surface area (Å²) in [4.78, 5) is 11.3. The number of carbonyl (C=O) groups excluding carboxylic acids is 1. The molecule has 0 heterocycles. The summed E-state index contributed by atoms with van der Waals surface area (Å²) >= 11 is 0. The molecular weight excluding hydrogens is 504 g/mol. The Bertz CT molecular complexity index is 1170. The Morgan fingerprint density at radius 2 is 1.40 bits per heavy atom. The van der Waals surface area contributed by atoms with Crippen molar-refractivity contribution in [2.24, 2.45) is 5.41 Å². The van der Waals surface area contributed by atoms with Crippen LogP contribution in [0.5, 0.6) is 0 Å². The standard InChI is InChI=1S/C37H54O2Si/c1-12-40(13-2,14-3)39-35-27-33(8)36(37(10,11)28-35)26-25-31(6)22-17-21-29(4)19-15-16-20-30(5)23-18-24-32(7)34(9)38/h15-24,35H,12-14,27-28H2,1-11H3/b16-15+,21-17+,23-18+,29-19+,30-20+,31-22+,32-24+/t35-/m1/s1. The van der Waals surface area contributed by atoms with Crippen LogP contribution in [0.15, 0.2) is 94.2 Å². The minimum Gasteiger partial charge on any atom is -0.414 e. The van der Waals surface area contributed by atoms with E-state index >= 15 is 0 Å². The third-order valence-electron chi connectivity index (χ3n) is 7.91. The Kier molecular flexibility index (Phi) is 15.2. The van der Waals surface area contributed by atoms with Gasteiger partial charge in [0.15, 0.2) is 14.1 Å². The SMILES string of the molecule is CC[Si](CC)(CC)O[C@@H]1CC(C)=C(C#C/C(C)=C/C=C/C(C)=C/C=C/C=C(C)/C=C/C=C(\C)C(C)=O)C(C)(C)C1. The summed E-state index contributed by atoms with van der Waals surface area (Å²) in [6.45, 7) is 23.4. The van der Waals surface area contributed by atoms with Gasteiger partial charge in [-0.25, -0.2) is 0 Å². The van der Waals surface area contributed by atoms with E-state index in [9.17, 15) is 4.79 Å². The van der Waals surface area contributed by atoms with E-state index in [4.69, 9.17) is 4.43 Å². The predicted molar refractivity (Wildman–Crippen MR) is 179 cm³/mol. The molecule has 0 aromatic heterocycles. The van der Waals surface area contributed by atoms with Gasteiger partial charge in [-0.15, -0.1) is 0 Å². The van der Waals surface area contributed by atoms with E-state index in [1.165, 1.54) is 34.9 Å². The van der Waals surface area contributed by atoms with Gasteiger partial charge in [0.25, 0.3) is 0 Å². The summed E-state index contributed by atoms with van der Waals surface area (Å²) in [5, 5.41) is 0. The number of carbonyl (C=O) groups is 1. The molecule has 1 atom stereocenters. The van der Waals surface area contributed by atoms with Crippen molar-refractivity contribution >= 4 is 14.1 Å². The van der Waals surface area contributed by atoms with E-state index in [2.05, 4.69) is 91.5 Å². The number of hydrogen-bond acceptors (Lipinski definition) is 2. The first kappa shape index (κ1) is 35.4. The van der Waals surface area contributed by atoms with Crippen molar-refractivity contribution in [2.75, 3.05) is 0 Å². The fourth-order valence-electron chi connectivity index (χ4n) is 5.01. The van der Waals surface area contributed by atoms with Gasteiger partial charge in [0.05, 0.1) is 0 Å². The van der Waals surface area contributed by atoms with Crippen molar-refractivity contribution in [3.63, 3.8) is 0 Å². The summed E-state index contributed by atoms with van der Waals surface area (Å²) in [5.74, 6) is 7.03. The molecule has 2 nitrogen and oxygen atoms in total. The van der Waals surface area contributed by atoms with E-state index in [0.717, 1.165) is 29.6 Å². The highest BCUT2D eigenvalue weighted by Gasteiger charge is 2.38. The van der Waals surface area contributed by atoms with Crippen LogP contribution in [-0.4, -0.2) is 20.2 Å². The molecule has 0 fully saturated rings. The maximum atomic E-state index is 11.3. The lowest BCUT2D eigenvalue weighted by Crippen LogP contribution is -2.43. The molecule has 40 heavy (non-hydrogen) atoms. The van der Waals surface area contributed by atoms with Crippen molar-refractivity contribution < 1.29 is 9.22 Å². The van der Waals surface area contributed by atoms with Gasteiger partial charge in [0.2, 0.25) is 0 Å². The van der Waals surface area contributed by atoms with Crippen LogP contribution in [0.1, 0.15) is 89.0 Å². The molecular formula is C37H54O2Si. The van der Waals surface area contributed by atoms with Gasteiger partial charge in [0.1, 0.15) is 0 Å². The maximum absolute atomic E-state index is 11.3. The summed E-state index contributed by atoms with van der Waals surface area (Å²) in [6, 6.07) is 3.60. The minimum absolute atomic E-state index is 0.0317. The monoisotopic (exact) mass is 558 g/mol. The summed E-state index contributed by atoms with van der Waals surface area (Å²) < 4.78 is 6.87. The molecule has 1 aliphatic carbocycles. The third-order valence-corrected chi connectivity index (χ3v) is 12.6. The fourth-order valence-corrected chi connectivity index (χ4v) is 7.89. The minimum atomic E-state index is -1.61. The molecule has 0 unspecified atom stereocenters. The van der Waals surface area contributed by atoms with Crippen molar-refractivity contribution in [1.29, 1.82) is 0 Å². The van der Waals surface area contributed by atoms with Crippen molar-refractivity contribution in [2.45, 2.75) is 113 Å². The molecule has 0 saturated heterocycles. The second kappa shape index (κ2) is 17.2. The number of ketones is 1. The first-order chi connectivity index (χ1) is 18.8. The number of allylic oxidation sites excluding steroid dienone is 15. The lowest BCUT2D eigenvalue weighted by molar-refractivity contribution is -0.113. The lowest BCUT2D eigenvalue weighted by Gasteiger charge is -2.41. The van der Waals surface area contributed by atoms with Crippen LogP contribution >= 0.6 is 0 Å². The maximum Gasteiger partial charge on any atom is 0.192 e. The number of rotatable bonds is 12. The molecule has 0 radical (unpaired) electrons. The zero-order valence-electron chi connectivity index (χ0n) is 27.2. The van der Waals surface area contributed by atoms with E-state index in [-0.39, 0.29) is 11.2 Å². The molecule has 1 aliphatic rings. The molecule has 0 saturated carbocycles. The molecule has 218 valence electrons. The molecule has 1 rings (SSSR count). The van der Waals surface area contributed by atoms with E-state index in [1.54, 1.807) is 6.92 Å². The topological polar surface area (TPSA) is 26.3 Å². The van der Waals surface area contributed by atoms with Crippen LogP contribution in [0, 0.1) is 17.3 Å². The number of Topliss-reactive ketones (excluding diaryl/α,β-unsaturated/α-hetero) is 1. The smallest absolute Gasteiger partial charge is 0.192 e. The zero-order valence-corrected chi connectivity index (χ0v) is 28.2. The first-order valence-electron chi connectivity index (χ1n) is 14.9. The molecule has 0 N–H and O–H groups in total. The quantitative estimate of drug-likeness (QED) is 0.103. The lowest BCUT2D eigenvalue weighted by atomic mass is 9.72. The van der Waals surface area contributed by atoms with Gasteiger partial charge in [-0.05, 0) is 89.1 Å². The van der Waals surface area contributed by atoms with Crippen molar-refractivity contribution in [1.82, 2.24) is 0 Å². The zero-order chi connectivity index (χ0) is 30.3. The Morgan fingerprint density at radius 3 is 1.88 bits per heavy atom. The Hall–Kier alpha value is -2.67. The molecule has 0 amide bonds. The highest BCUT2D eigenvalue weighted by molar-refractivity contribution is 6.73.